The highest BCUT2D eigenvalue weighted by Crippen LogP contribution is 2.30. The molecule has 2 aromatic heterocycles. The second kappa shape index (κ2) is 4.50. The standard InChI is InChI=1S/C13H20N6O/c1-4-9-11-12(18(3)16-9)19(13(14)15-11)8-5-6-10(20)17(2)7-8/h8H,4-7H2,1-3H3,(H2,14,15). The van der Waals surface area contributed by atoms with Crippen molar-refractivity contribution in [2.45, 2.75) is 32.2 Å². The van der Waals surface area contributed by atoms with E-state index >= 15 is 0 Å². The third-order valence-corrected chi connectivity index (χ3v) is 4.07. The van der Waals surface area contributed by atoms with E-state index in [2.05, 4.69) is 17.0 Å². The first-order chi connectivity index (χ1) is 9.52. The second-order valence-corrected chi connectivity index (χ2v) is 5.40. The van der Waals surface area contributed by atoms with Crippen LogP contribution in [0.4, 0.5) is 5.95 Å². The number of nitrogens with two attached hydrogens (primary N) is 1. The number of amides is 1. The molecule has 0 bridgehead atoms. The van der Waals surface area contributed by atoms with Gasteiger partial charge in [-0.15, -0.1) is 0 Å². The van der Waals surface area contributed by atoms with Gasteiger partial charge in [-0.25, -0.2) is 4.98 Å². The van der Waals surface area contributed by atoms with Gasteiger partial charge in [-0.3, -0.25) is 14.0 Å². The number of nitrogen functional groups attached to an aromatic ring is 1. The maximum absolute atomic E-state index is 11.6. The summed E-state index contributed by atoms with van der Waals surface area (Å²) in [5, 5.41) is 4.50. The third-order valence-electron chi connectivity index (χ3n) is 4.07. The molecule has 3 heterocycles. The molecule has 1 aliphatic rings. The van der Waals surface area contributed by atoms with Crippen LogP contribution in [0.5, 0.6) is 0 Å². The molecule has 0 spiro atoms. The van der Waals surface area contributed by atoms with Crippen LogP contribution >= 0.6 is 0 Å². The molecule has 108 valence electrons. The minimum Gasteiger partial charge on any atom is -0.369 e. The molecule has 0 saturated carbocycles. The maximum atomic E-state index is 11.6. The maximum Gasteiger partial charge on any atom is 0.222 e. The third kappa shape index (κ3) is 1.76. The summed E-state index contributed by atoms with van der Waals surface area (Å²) in [4.78, 5) is 17.9. The summed E-state index contributed by atoms with van der Waals surface area (Å²) >= 11 is 0. The Morgan fingerprint density at radius 1 is 1.40 bits per heavy atom. The molecule has 2 aromatic rings. The van der Waals surface area contributed by atoms with Crippen molar-refractivity contribution in [3.05, 3.63) is 5.69 Å². The van der Waals surface area contributed by atoms with E-state index in [0.717, 1.165) is 29.7 Å². The van der Waals surface area contributed by atoms with Gasteiger partial charge >= 0.3 is 0 Å². The molecule has 0 aromatic carbocycles. The number of nitrogens with zero attached hydrogens (tertiary/aromatic N) is 5. The summed E-state index contributed by atoms with van der Waals surface area (Å²) in [5.74, 6) is 0.700. The van der Waals surface area contributed by atoms with Gasteiger partial charge in [-0.2, -0.15) is 5.10 Å². The molecule has 1 fully saturated rings. The number of hydrogen-bond acceptors (Lipinski definition) is 4. The fraction of sp³-hybridized carbons (Fsp3) is 0.615. The van der Waals surface area contributed by atoms with Crippen LogP contribution in [0.3, 0.4) is 0 Å². The second-order valence-electron chi connectivity index (χ2n) is 5.40. The lowest BCUT2D eigenvalue weighted by Gasteiger charge is -2.31. The average molecular weight is 276 g/mol. The van der Waals surface area contributed by atoms with Crippen molar-refractivity contribution < 1.29 is 4.79 Å². The van der Waals surface area contributed by atoms with Crippen LogP contribution in [0.1, 0.15) is 31.5 Å². The summed E-state index contributed by atoms with van der Waals surface area (Å²) < 4.78 is 3.87. The smallest absolute Gasteiger partial charge is 0.222 e. The van der Waals surface area contributed by atoms with Gasteiger partial charge in [0.15, 0.2) is 5.65 Å². The minimum absolute atomic E-state index is 0.169. The Bertz CT molecular complexity index is 670. The summed E-state index contributed by atoms with van der Waals surface area (Å²) in [6, 6.07) is 0.169. The highest BCUT2D eigenvalue weighted by molar-refractivity contribution is 5.79. The van der Waals surface area contributed by atoms with E-state index in [0.29, 0.717) is 18.9 Å². The summed E-state index contributed by atoms with van der Waals surface area (Å²) in [6.45, 7) is 2.73. The molecule has 1 unspecified atom stereocenters. The Balaban J connectivity index is 2.09. The van der Waals surface area contributed by atoms with E-state index in [1.54, 1.807) is 4.90 Å². The fourth-order valence-electron chi connectivity index (χ4n) is 3.02. The van der Waals surface area contributed by atoms with Gasteiger partial charge in [0.2, 0.25) is 11.9 Å². The molecule has 1 atom stereocenters. The number of carbonyl (C=O) groups is 1. The highest BCUT2D eigenvalue weighted by Gasteiger charge is 2.28. The normalized spacial score (nSPS) is 20.1. The van der Waals surface area contributed by atoms with Gasteiger partial charge in [0.1, 0.15) is 5.52 Å². The van der Waals surface area contributed by atoms with Crippen molar-refractivity contribution in [1.82, 2.24) is 24.2 Å². The Kier molecular flexibility index (Phi) is 2.92. The highest BCUT2D eigenvalue weighted by atomic mass is 16.2. The van der Waals surface area contributed by atoms with E-state index in [1.165, 1.54) is 0 Å². The molecule has 1 saturated heterocycles. The van der Waals surface area contributed by atoms with E-state index in [-0.39, 0.29) is 11.9 Å². The van der Waals surface area contributed by atoms with Crippen molar-refractivity contribution in [2.75, 3.05) is 19.3 Å². The van der Waals surface area contributed by atoms with Crippen LogP contribution in [0.2, 0.25) is 0 Å². The van der Waals surface area contributed by atoms with E-state index in [9.17, 15) is 4.79 Å². The van der Waals surface area contributed by atoms with Gasteiger partial charge in [0, 0.05) is 27.1 Å². The Morgan fingerprint density at radius 2 is 2.15 bits per heavy atom. The zero-order valence-corrected chi connectivity index (χ0v) is 12.1. The lowest BCUT2D eigenvalue weighted by molar-refractivity contribution is -0.132. The molecule has 7 heteroatoms. The number of piperidine rings is 1. The van der Waals surface area contributed by atoms with Crippen LogP contribution in [-0.2, 0) is 18.3 Å². The Hall–Kier alpha value is -2.05. The lowest BCUT2D eigenvalue weighted by Crippen LogP contribution is -2.38. The zero-order valence-electron chi connectivity index (χ0n) is 12.1. The van der Waals surface area contributed by atoms with Crippen LogP contribution in [0.15, 0.2) is 0 Å². The molecule has 2 N–H and O–H groups in total. The van der Waals surface area contributed by atoms with E-state index in [4.69, 9.17) is 5.73 Å². The molecule has 7 nitrogen and oxygen atoms in total. The first-order valence-corrected chi connectivity index (χ1v) is 6.96. The monoisotopic (exact) mass is 276 g/mol. The number of fused-ring (bicyclic) bond motifs is 1. The van der Waals surface area contributed by atoms with Gasteiger partial charge in [0.25, 0.3) is 0 Å². The zero-order chi connectivity index (χ0) is 14.4. The Labute approximate surface area is 117 Å². The lowest BCUT2D eigenvalue weighted by atomic mass is 10.1. The summed E-state index contributed by atoms with van der Waals surface area (Å²) in [5.41, 5.74) is 8.91. The SMILES string of the molecule is CCc1nn(C)c2c1nc(N)n2C1CCC(=O)N(C)C1. The fourth-order valence-corrected chi connectivity index (χ4v) is 3.02. The largest absolute Gasteiger partial charge is 0.369 e. The van der Waals surface area contributed by atoms with Crippen LogP contribution < -0.4 is 5.73 Å². The Morgan fingerprint density at radius 3 is 2.80 bits per heavy atom. The minimum atomic E-state index is 0.169. The molecule has 3 rings (SSSR count). The van der Waals surface area contributed by atoms with Gasteiger partial charge in [-0.1, -0.05) is 6.92 Å². The predicted octanol–water partition coefficient (Wildman–Crippen LogP) is 0.708. The van der Waals surface area contributed by atoms with Crippen molar-refractivity contribution in [2.24, 2.45) is 7.05 Å². The quantitative estimate of drug-likeness (QED) is 0.875. The van der Waals surface area contributed by atoms with E-state index in [1.807, 2.05) is 23.3 Å². The van der Waals surface area contributed by atoms with Crippen LogP contribution in [0, 0.1) is 0 Å². The molecular formula is C13H20N6O. The number of likely N-dealkylation sites (N-methyl/N-ethyl adjacent to an activating group) is 1. The molecule has 0 radical (unpaired) electrons. The van der Waals surface area contributed by atoms with Gasteiger partial charge in [-0.05, 0) is 12.8 Å². The van der Waals surface area contributed by atoms with Crippen LogP contribution in [0.25, 0.3) is 11.2 Å². The summed E-state index contributed by atoms with van der Waals surface area (Å²) in [7, 11) is 3.75. The first kappa shape index (κ1) is 13.0. The number of aromatic nitrogens is 4. The number of rotatable bonds is 2. The first-order valence-electron chi connectivity index (χ1n) is 6.96. The van der Waals surface area contributed by atoms with Crippen molar-refractivity contribution in [1.29, 1.82) is 0 Å². The van der Waals surface area contributed by atoms with Gasteiger partial charge in [0.05, 0.1) is 11.7 Å². The number of anilines is 1. The van der Waals surface area contributed by atoms with E-state index < -0.39 is 0 Å². The van der Waals surface area contributed by atoms with Crippen molar-refractivity contribution in [3.63, 3.8) is 0 Å². The van der Waals surface area contributed by atoms with Crippen LogP contribution in [-0.4, -0.2) is 43.7 Å². The van der Waals surface area contributed by atoms with Gasteiger partial charge < -0.3 is 10.6 Å². The average Bonchev–Trinajstić information content (AvgIpc) is 2.90. The topological polar surface area (TPSA) is 82.0 Å². The summed E-state index contributed by atoms with van der Waals surface area (Å²) in [6.07, 6.45) is 2.18. The number of aryl methyl sites for hydroxylation is 2. The molecule has 0 aliphatic carbocycles. The van der Waals surface area contributed by atoms with Crippen molar-refractivity contribution in [3.8, 4) is 0 Å². The number of hydrogen-bond donors (Lipinski definition) is 1. The molecular weight excluding hydrogens is 256 g/mol. The van der Waals surface area contributed by atoms with Crippen molar-refractivity contribution >= 4 is 23.0 Å². The number of carbonyl (C=O) groups excluding carboxylic acids is 1. The molecule has 20 heavy (non-hydrogen) atoms. The number of likely N-dealkylation sites (tertiary alicyclic amines) is 1. The predicted molar refractivity (Wildman–Crippen MR) is 76.2 cm³/mol. The molecule has 1 aliphatic heterocycles. The molecule has 1 amide bonds. The number of imidazole rings is 1.